The maximum absolute atomic E-state index is 10.6. The summed E-state index contributed by atoms with van der Waals surface area (Å²) in [6, 6.07) is 0. The SMILES string of the molecule is O=C(O)C1CCCC2=C1C2. The summed E-state index contributed by atoms with van der Waals surface area (Å²) in [7, 11) is 0. The highest BCUT2D eigenvalue weighted by Gasteiger charge is 2.36. The molecule has 2 aliphatic carbocycles. The molecule has 0 spiro atoms. The lowest BCUT2D eigenvalue weighted by Crippen LogP contribution is -2.13. The van der Waals surface area contributed by atoms with Crippen molar-refractivity contribution in [2.45, 2.75) is 25.7 Å². The van der Waals surface area contributed by atoms with Crippen LogP contribution >= 0.6 is 0 Å². The summed E-state index contributed by atoms with van der Waals surface area (Å²) in [5.74, 6) is -0.728. The van der Waals surface area contributed by atoms with Gasteiger partial charge in [0.2, 0.25) is 0 Å². The molecule has 0 saturated heterocycles. The molecule has 1 N–H and O–H groups in total. The molecule has 0 saturated carbocycles. The fraction of sp³-hybridized carbons (Fsp3) is 0.625. The predicted molar refractivity (Wildman–Crippen MR) is 36.6 cm³/mol. The first kappa shape index (κ1) is 5.96. The maximum atomic E-state index is 10.6. The van der Waals surface area contributed by atoms with Crippen molar-refractivity contribution >= 4 is 5.97 Å². The Kier molecular flexibility index (Phi) is 1.10. The number of carboxylic acid groups (broad SMARTS) is 1. The minimum absolute atomic E-state index is 0.108. The molecular weight excluding hydrogens is 128 g/mol. The molecule has 0 aliphatic heterocycles. The van der Waals surface area contributed by atoms with Gasteiger partial charge < -0.3 is 5.11 Å². The first-order valence-electron chi connectivity index (χ1n) is 3.72. The highest BCUT2D eigenvalue weighted by molar-refractivity contribution is 5.76. The van der Waals surface area contributed by atoms with E-state index in [0.29, 0.717) is 0 Å². The van der Waals surface area contributed by atoms with Crippen LogP contribution in [0, 0.1) is 5.92 Å². The lowest BCUT2D eigenvalue weighted by molar-refractivity contribution is -0.140. The minimum atomic E-state index is -0.621. The van der Waals surface area contributed by atoms with Crippen LogP contribution in [0.4, 0.5) is 0 Å². The molecule has 10 heavy (non-hydrogen) atoms. The van der Waals surface area contributed by atoms with Crippen LogP contribution in [0.1, 0.15) is 25.7 Å². The average molecular weight is 138 g/mol. The van der Waals surface area contributed by atoms with Crippen LogP contribution < -0.4 is 0 Å². The fourth-order valence-corrected chi connectivity index (χ4v) is 1.77. The molecular formula is C8H10O2. The summed E-state index contributed by atoms with van der Waals surface area (Å²) >= 11 is 0. The van der Waals surface area contributed by atoms with Crippen molar-refractivity contribution in [2.75, 3.05) is 0 Å². The van der Waals surface area contributed by atoms with Gasteiger partial charge in [-0.2, -0.15) is 0 Å². The molecule has 0 radical (unpaired) electrons. The molecule has 0 bridgehead atoms. The summed E-state index contributed by atoms with van der Waals surface area (Å²) in [4.78, 5) is 10.6. The Morgan fingerprint density at radius 2 is 2.40 bits per heavy atom. The molecule has 2 heteroatoms. The Balaban J connectivity index is 2.16. The van der Waals surface area contributed by atoms with E-state index in [2.05, 4.69) is 0 Å². The van der Waals surface area contributed by atoms with E-state index in [4.69, 9.17) is 5.11 Å². The minimum Gasteiger partial charge on any atom is -0.481 e. The summed E-state index contributed by atoms with van der Waals surface area (Å²) in [6.07, 6.45) is 4.14. The second-order valence-corrected chi connectivity index (χ2v) is 3.09. The molecule has 0 amide bonds. The number of carbonyl (C=O) groups is 1. The smallest absolute Gasteiger partial charge is 0.310 e. The molecule has 0 aromatic heterocycles. The van der Waals surface area contributed by atoms with Crippen molar-refractivity contribution in [1.29, 1.82) is 0 Å². The molecule has 1 atom stereocenters. The summed E-state index contributed by atoms with van der Waals surface area (Å²) in [5.41, 5.74) is 2.66. The van der Waals surface area contributed by atoms with E-state index in [1.165, 1.54) is 17.6 Å². The van der Waals surface area contributed by atoms with E-state index in [1.807, 2.05) is 0 Å². The average Bonchev–Trinajstić information content (AvgIpc) is 2.63. The Hall–Kier alpha value is -0.790. The third-order valence-electron chi connectivity index (χ3n) is 2.42. The van der Waals surface area contributed by atoms with Crippen molar-refractivity contribution in [2.24, 2.45) is 5.92 Å². The van der Waals surface area contributed by atoms with Crippen molar-refractivity contribution in [3.63, 3.8) is 0 Å². The fourth-order valence-electron chi connectivity index (χ4n) is 1.77. The second kappa shape index (κ2) is 1.84. The van der Waals surface area contributed by atoms with E-state index in [0.717, 1.165) is 19.3 Å². The van der Waals surface area contributed by atoms with E-state index in [9.17, 15) is 4.79 Å². The van der Waals surface area contributed by atoms with Crippen LogP contribution in [0.25, 0.3) is 0 Å². The molecule has 2 nitrogen and oxygen atoms in total. The molecule has 1 unspecified atom stereocenters. The largest absolute Gasteiger partial charge is 0.481 e. The Bertz CT molecular complexity index is 215. The van der Waals surface area contributed by atoms with Crippen molar-refractivity contribution in [3.05, 3.63) is 11.1 Å². The van der Waals surface area contributed by atoms with Gasteiger partial charge >= 0.3 is 5.97 Å². The second-order valence-electron chi connectivity index (χ2n) is 3.09. The number of carboxylic acids is 1. The lowest BCUT2D eigenvalue weighted by Gasteiger charge is -2.09. The van der Waals surface area contributed by atoms with E-state index >= 15 is 0 Å². The number of aliphatic carboxylic acids is 1. The number of hydrogen-bond acceptors (Lipinski definition) is 1. The normalized spacial score (nSPS) is 29.8. The van der Waals surface area contributed by atoms with Gasteiger partial charge in [-0.1, -0.05) is 11.1 Å². The van der Waals surface area contributed by atoms with Gasteiger partial charge in [-0.3, -0.25) is 4.79 Å². The van der Waals surface area contributed by atoms with Crippen molar-refractivity contribution in [1.82, 2.24) is 0 Å². The lowest BCUT2D eigenvalue weighted by atomic mass is 9.96. The van der Waals surface area contributed by atoms with Crippen LogP contribution in [-0.2, 0) is 4.79 Å². The van der Waals surface area contributed by atoms with Crippen LogP contribution in [0.2, 0.25) is 0 Å². The molecule has 0 aromatic rings. The van der Waals surface area contributed by atoms with Crippen LogP contribution in [-0.4, -0.2) is 11.1 Å². The van der Waals surface area contributed by atoms with Gasteiger partial charge in [-0.05, 0) is 25.7 Å². The quantitative estimate of drug-likeness (QED) is 0.558. The van der Waals surface area contributed by atoms with Crippen molar-refractivity contribution < 1.29 is 9.90 Å². The van der Waals surface area contributed by atoms with Gasteiger partial charge in [0.1, 0.15) is 0 Å². The monoisotopic (exact) mass is 138 g/mol. The summed E-state index contributed by atoms with van der Waals surface area (Å²) < 4.78 is 0. The summed E-state index contributed by atoms with van der Waals surface area (Å²) in [5, 5.41) is 8.70. The number of hydrogen-bond donors (Lipinski definition) is 1. The standard InChI is InChI=1S/C8H10O2/c9-8(10)6-3-1-2-5-4-7(5)6/h6H,1-4H2,(H,9,10). The third kappa shape index (κ3) is 0.753. The van der Waals surface area contributed by atoms with Crippen LogP contribution in [0.3, 0.4) is 0 Å². The van der Waals surface area contributed by atoms with Gasteiger partial charge in [0.15, 0.2) is 0 Å². The molecule has 0 aromatic carbocycles. The zero-order valence-electron chi connectivity index (χ0n) is 5.76. The Morgan fingerprint density at radius 1 is 1.60 bits per heavy atom. The van der Waals surface area contributed by atoms with Crippen LogP contribution in [0.15, 0.2) is 11.1 Å². The van der Waals surface area contributed by atoms with E-state index < -0.39 is 5.97 Å². The first-order valence-corrected chi connectivity index (χ1v) is 3.72. The van der Waals surface area contributed by atoms with E-state index in [-0.39, 0.29) is 5.92 Å². The highest BCUT2D eigenvalue weighted by atomic mass is 16.4. The molecule has 2 aliphatic rings. The number of allylic oxidation sites excluding steroid dienone is 1. The molecule has 2 rings (SSSR count). The zero-order valence-corrected chi connectivity index (χ0v) is 5.76. The van der Waals surface area contributed by atoms with Gasteiger partial charge in [0.25, 0.3) is 0 Å². The van der Waals surface area contributed by atoms with Gasteiger partial charge in [-0.25, -0.2) is 0 Å². The number of rotatable bonds is 1. The third-order valence-corrected chi connectivity index (χ3v) is 2.42. The van der Waals surface area contributed by atoms with Gasteiger partial charge in [0, 0.05) is 0 Å². The van der Waals surface area contributed by atoms with Gasteiger partial charge in [0.05, 0.1) is 5.92 Å². The zero-order chi connectivity index (χ0) is 7.14. The van der Waals surface area contributed by atoms with Gasteiger partial charge in [-0.15, -0.1) is 0 Å². The Morgan fingerprint density at radius 3 is 3.00 bits per heavy atom. The highest BCUT2D eigenvalue weighted by Crippen LogP contribution is 2.46. The first-order chi connectivity index (χ1) is 4.79. The van der Waals surface area contributed by atoms with Crippen LogP contribution in [0.5, 0.6) is 0 Å². The molecule has 0 fully saturated rings. The van der Waals surface area contributed by atoms with Crippen molar-refractivity contribution in [3.8, 4) is 0 Å². The predicted octanol–water partition coefficient (Wildman–Crippen LogP) is 1.57. The molecule has 54 valence electrons. The molecule has 0 heterocycles. The Labute approximate surface area is 59.5 Å². The topological polar surface area (TPSA) is 37.3 Å². The van der Waals surface area contributed by atoms with E-state index in [1.54, 1.807) is 0 Å². The maximum Gasteiger partial charge on any atom is 0.310 e. The summed E-state index contributed by atoms with van der Waals surface area (Å²) in [6.45, 7) is 0.